The molecule has 1 aliphatic heterocycles. The number of aromatic nitrogens is 2. The molecule has 1 fully saturated rings. The number of anilines is 1. The highest BCUT2D eigenvalue weighted by Crippen LogP contribution is 2.14. The first kappa shape index (κ1) is 9.21. The Morgan fingerprint density at radius 2 is 2.50 bits per heavy atom. The van der Waals surface area contributed by atoms with Gasteiger partial charge in [-0.3, -0.25) is 9.99 Å². The van der Waals surface area contributed by atoms with Crippen molar-refractivity contribution in [2.45, 2.75) is 13.3 Å². The van der Waals surface area contributed by atoms with Crippen LogP contribution in [0.25, 0.3) is 0 Å². The van der Waals surface area contributed by atoms with Gasteiger partial charge in [-0.2, -0.15) is 4.98 Å². The summed E-state index contributed by atoms with van der Waals surface area (Å²) in [5.74, 6) is 1.41. The highest BCUT2D eigenvalue weighted by Gasteiger charge is 2.13. The van der Waals surface area contributed by atoms with E-state index in [1.165, 1.54) is 0 Å². The molecule has 5 nitrogen and oxygen atoms in total. The number of hydrogen-bond acceptors (Lipinski definition) is 5. The number of nitrogens with zero attached hydrogens (tertiary/aromatic N) is 3. The van der Waals surface area contributed by atoms with Crippen molar-refractivity contribution in [3.8, 4) is 5.88 Å². The van der Waals surface area contributed by atoms with E-state index >= 15 is 0 Å². The van der Waals surface area contributed by atoms with E-state index in [-0.39, 0.29) is 0 Å². The van der Waals surface area contributed by atoms with Gasteiger partial charge in [-0.15, -0.1) is 0 Å². The van der Waals surface area contributed by atoms with Crippen LogP contribution < -0.4 is 15.2 Å². The van der Waals surface area contributed by atoms with E-state index in [2.05, 4.69) is 15.4 Å². The van der Waals surface area contributed by atoms with Crippen molar-refractivity contribution in [2.75, 3.05) is 24.7 Å². The summed E-state index contributed by atoms with van der Waals surface area (Å²) in [6.07, 6.45) is 4.50. The second-order valence-electron chi connectivity index (χ2n) is 3.06. The molecule has 76 valence electrons. The van der Waals surface area contributed by atoms with Gasteiger partial charge in [-0.05, 0) is 13.3 Å². The average molecular weight is 194 g/mol. The summed E-state index contributed by atoms with van der Waals surface area (Å²) in [7, 11) is 0. The molecular weight excluding hydrogens is 180 g/mol. The quantitative estimate of drug-likeness (QED) is 0.763. The molecular formula is C9H14N4O. The van der Waals surface area contributed by atoms with Gasteiger partial charge in [0.05, 0.1) is 19.0 Å². The third-order valence-electron chi connectivity index (χ3n) is 2.03. The van der Waals surface area contributed by atoms with E-state index in [1.54, 1.807) is 12.4 Å². The fraction of sp³-hybridized carbons (Fsp3) is 0.556. The first-order valence-electron chi connectivity index (χ1n) is 4.86. The Morgan fingerprint density at radius 3 is 3.21 bits per heavy atom. The number of rotatable bonds is 3. The minimum Gasteiger partial charge on any atom is -0.477 e. The lowest BCUT2D eigenvalue weighted by atomic mass is 10.5. The first-order valence-corrected chi connectivity index (χ1v) is 4.86. The Labute approximate surface area is 83.1 Å². The standard InChI is InChI=1S/C9H14N4O/c1-2-14-9-7-10-6-8(12-9)13-5-3-4-11-13/h6-7,11H,2-5H2,1H3. The molecule has 1 aromatic heterocycles. The van der Waals surface area contributed by atoms with Gasteiger partial charge in [-0.25, -0.2) is 5.43 Å². The fourth-order valence-corrected chi connectivity index (χ4v) is 1.41. The van der Waals surface area contributed by atoms with Crippen LogP contribution in [0.3, 0.4) is 0 Å². The predicted molar refractivity (Wildman–Crippen MR) is 53.2 cm³/mol. The van der Waals surface area contributed by atoms with E-state index in [0.29, 0.717) is 12.5 Å². The molecule has 2 heterocycles. The molecule has 0 atom stereocenters. The largest absolute Gasteiger partial charge is 0.477 e. The number of ether oxygens (including phenoxy) is 1. The topological polar surface area (TPSA) is 50.3 Å². The smallest absolute Gasteiger partial charge is 0.234 e. The molecule has 0 bridgehead atoms. The maximum absolute atomic E-state index is 5.28. The van der Waals surface area contributed by atoms with Gasteiger partial charge in [0.1, 0.15) is 0 Å². The van der Waals surface area contributed by atoms with E-state index in [0.717, 1.165) is 25.3 Å². The number of hydrogen-bond donors (Lipinski definition) is 1. The third-order valence-corrected chi connectivity index (χ3v) is 2.03. The second-order valence-corrected chi connectivity index (χ2v) is 3.06. The molecule has 0 aromatic carbocycles. The van der Waals surface area contributed by atoms with E-state index in [9.17, 15) is 0 Å². The van der Waals surface area contributed by atoms with E-state index in [4.69, 9.17) is 4.74 Å². The average Bonchev–Trinajstić information content (AvgIpc) is 2.71. The van der Waals surface area contributed by atoms with Crippen molar-refractivity contribution in [3.05, 3.63) is 12.4 Å². The van der Waals surface area contributed by atoms with Gasteiger partial charge in [0.25, 0.3) is 0 Å². The van der Waals surface area contributed by atoms with Crippen molar-refractivity contribution < 1.29 is 4.74 Å². The fourth-order valence-electron chi connectivity index (χ4n) is 1.41. The summed E-state index contributed by atoms with van der Waals surface area (Å²) >= 11 is 0. The molecule has 5 heteroatoms. The molecule has 1 N–H and O–H groups in total. The first-order chi connectivity index (χ1) is 6.90. The van der Waals surface area contributed by atoms with Crippen molar-refractivity contribution in [1.82, 2.24) is 15.4 Å². The van der Waals surface area contributed by atoms with E-state index < -0.39 is 0 Å². The van der Waals surface area contributed by atoms with Crippen LogP contribution in [-0.4, -0.2) is 29.7 Å². The molecule has 1 aromatic rings. The van der Waals surface area contributed by atoms with Crippen molar-refractivity contribution >= 4 is 5.82 Å². The van der Waals surface area contributed by atoms with Gasteiger partial charge >= 0.3 is 0 Å². The molecule has 0 radical (unpaired) electrons. The van der Waals surface area contributed by atoms with E-state index in [1.807, 2.05) is 11.9 Å². The van der Waals surface area contributed by atoms with Gasteiger partial charge in [0.15, 0.2) is 5.82 Å². The lowest BCUT2D eigenvalue weighted by molar-refractivity contribution is 0.325. The number of hydrazine groups is 1. The van der Waals surface area contributed by atoms with Crippen LogP contribution >= 0.6 is 0 Å². The minimum atomic E-state index is 0.582. The molecule has 14 heavy (non-hydrogen) atoms. The summed E-state index contributed by atoms with van der Waals surface area (Å²) in [6, 6.07) is 0. The zero-order chi connectivity index (χ0) is 9.80. The van der Waals surface area contributed by atoms with Gasteiger partial charge in [-0.1, -0.05) is 0 Å². The van der Waals surface area contributed by atoms with Crippen molar-refractivity contribution in [2.24, 2.45) is 0 Å². The summed E-state index contributed by atoms with van der Waals surface area (Å²) in [6.45, 7) is 4.53. The Bertz CT molecular complexity index is 299. The van der Waals surface area contributed by atoms with Gasteiger partial charge < -0.3 is 4.74 Å². The molecule has 0 aliphatic carbocycles. The monoisotopic (exact) mass is 194 g/mol. The Morgan fingerprint density at radius 1 is 1.57 bits per heavy atom. The normalized spacial score (nSPS) is 15.9. The van der Waals surface area contributed by atoms with Crippen LogP contribution in [0.1, 0.15) is 13.3 Å². The maximum Gasteiger partial charge on any atom is 0.234 e. The van der Waals surface area contributed by atoms with Crippen molar-refractivity contribution in [3.63, 3.8) is 0 Å². The second kappa shape index (κ2) is 4.23. The molecule has 0 unspecified atom stereocenters. The predicted octanol–water partition coefficient (Wildman–Crippen LogP) is 0.590. The Balaban J connectivity index is 2.12. The summed E-state index contributed by atoms with van der Waals surface area (Å²) in [5, 5.41) is 2.00. The molecule has 0 amide bonds. The lowest BCUT2D eigenvalue weighted by Crippen LogP contribution is -2.31. The molecule has 2 rings (SSSR count). The Kier molecular flexibility index (Phi) is 2.78. The highest BCUT2D eigenvalue weighted by atomic mass is 16.5. The van der Waals surface area contributed by atoms with Gasteiger partial charge in [0.2, 0.25) is 5.88 Å². The summed E-state index contributed by atoms with van der Waals surface area (Å²) in [4.78, 5) is 8.40. The SMILES string of the molecule is CCOc1cncc(N2CCCN2)n1. The van der Waals surface area contributed by atoms with Crippen molar-refractivity contribution in [1.29, 1.82) is 0 Å². The molecule has 1 aliphatic rings. The molecule has 0 saturated carbocycles. The zero-order valence-electron chi connectivity index (χ0n) is 8.23. The highest BCUT2D eigenvalue weighted by molar-refractivity contribution is 5.36. The zero-order valence-corrected chi connectivity index (χ0v) is 8.23. The lowest BCUT2D eigenvalue weighted by Gasteiger charge is -2.16. The summed E-state index contributed by atoms with van der Waals surface area (Å²) < 4.78 is 5.28. The van der Waals surface area contributed by atoms with Crippen LogP contribution in [0.15, 0.2) is 12.4 Å². The maximum atomic E-state index is 5.28. The van der Waals surface area contributed by atoms with Crippen LogP contribution in [0.2, 0.25) is 0 Å². The summed E-state index contributed by atoms with van der Waals surface area (Å²) in [5.41, 5.74) is 3.22. The minimum absolute atomic E-state index is 0.582. The number of nitrogens with one attached hydrogen (secondary N) is 1. The van der Waals surface area contributed by atoms with Crippen LogP contribution in [0.4, 0.5) is 5.82 Å². The van der Waals surface area contributed by atoms with Crippen LogP contribution in [0.5, 0.6) is 5.88 Å². The third kappa shape index (κ3) is 1.93. The molecule has 0 spiro atoms. The van der Waals surface area contributed by atoms with Crippen LogP contribution in [0, 0.1) is 0 Å². The van der Waals surface area contributed by atoms with Crippen LogP contribution in [-0.2, 0) is 0 Å². The van der Waals surface area contributed by atoms with Gasteiger partial charge in [0, 0.05) is 13.1 Å². The molecule has 1 saturated heterocycles. The Hall–Kier alpha value is -1.36.